The average molecular weight is 533 g/mol. The fraction of sp³-hybridized carbons (Fsp3) is 0.278. The van der Waals surface area contributed by atoms with E-state index in [1.165, 1.54) is 44.5 Å². The lowest BCUT2D eigenvalue weighted by Crippen LogP contribution is -2.15. The summed E-state index contributed by atoms with van der Waals surface area (Å²) >= 11 is 0. The third-order valence-electron chi connectivity index (χ3n) is 7.37. The number of benzene rings is 4. The Kier molecular flexibility index (Phi) is 9.21. The lowest BCUT2D eigenvalue weighted by molar-refractivity contribution is 0.414. The van der Waals surface area contributed by atoms with Gasteiger partial charge in [-0.1, -0.05) is 35.4 Å². The first-order chi connectivity index (χ1) is 19.2. The van der Waals surface area contributed by atoms with Crippen molar-refractivity contribution in [2.45, 2.75) is 53.6 Å². The zero-order valence-corrected chi connectivity index (χ0v) is 24.9. The van der Waals surface area contributed by atoms with Crippen molar-refractivity contribution in [2.24, 2.45) is 9.98 Å². The van der Waals surface area contributed by atoms with Crippen LogP contribution in [0.2, 0.25) is 0 Å². The minimum Gasteiger partial charge on any atom is -0.497 e. The standard InChI is InChI=1S/C36H40N2O2/c1-23-17-25(3)33(26(4)18-23)35(37-21-29-9-13-31(39-7)14-10-29)36(34-27(5)19-24(2)20-28(34)6)38-22-30-11-15-32(40-8)16-12-30/h9-22,35-36H,1-8H3/t35-,36-/m0/s1. The van der Waals surface area contributed by atoms with Gasteiger partial charge in [-0.25, -0.2) is 0 Å². The zero-order valence-electron chi connectivity index (χ0n) is 24.9. The summed E-state index contributed by atoms with van der Waals surface area (Å²) < 4.78 is 10.7. The molecule has 2 atom stereocenters. The Morgan fingerprint density at radius 2 is 0.800 bits per heavy atom. The van der Waals surface area contributed by atoms with Crippen molar-refractivity contribution in [3.05, 3.63) is 128 Å². The Hall–Kier alpha value is -4.18. The van der Waals surface area contributed by atoms with E-state index >= 15 is 0 Å². The molecule has 4 heteroatoms. The van der Waals surface area contributed by atoms with Crippen molar-refractivity contribution < 1.29 is 9.47 Å². The van der Waals surface area contributed by atoms with Gasteiger partial charge >= 0.3 is 0 Å². The van der Waals surface area contributed by atoms with Crippen LogP contribution in [-0.4, -0.2) is 26.6 Å². The molecular weight excluding hydrogens is 492 g/mol. The van der Waals surface area contributed by atoms with Crippen LogP contribution in [0.1, 0.15) is 67.7 Å². The van der Waals surface area contributed by atoms with Gasteiger partial charge in [0.15, 0.2) is 0 Å². The molecule has 40 heavy (non-hydrogen) atoms. The molecule has 4 nitrogen and oxygen atoms in total. The molecule has 0 N–H and O–H groups in total. The smallest absolute Gasteiger partial charge is 0.118 e. The molecule has 0 spiro atoms. The molecule has 0 heterocycles. The summed E-state index contributed by atoms with van der Waals surface area (Å²) in [6, 6.07) is 24.5. The summed E-state index contributed by atoms with van der Waals surface area (Å²) in [4.78, 5) is 10.6. The largest absolute Gasteiger partial charge is 0.497 e. The number of ether oxygens (including phenoxy) is 2. The first-order valence-electron chi connectivity index (χ1n) is 13.7. The molecule has 0 aliphatic heterocycles. The maximum Gasteiger partial charge on any atom is 0.118 e. The molecule has 0 unspecified atom stereocenters. The van der Waals surface area contributed by atoms with Gasteiger partial charge in [-0.3, -0.25) is 9.98 Å². The topological polar surface area (TPSA) is 43.2 Å². The summed E-state index contributed by atoms with van der Waals surface area (Å²) in [5.41, 5.74) is 11.9. The van der Waals surface area contributed by atoms with E-state index in [1.807, 2.05) is 61.0 Å². The van der Waals surface area contributed by atoms with E-state index in [9.17, 15) is 0 Å². The van der Waals surface area contributed by atoms with Gasteiger partial charge in [-0.05, 0) is 135 Å². The van der Waals surface area contributed by atoms with E-state index in [-0.39, 0.29) is 12.1 Å². The molecule has 0 saturated heterocycles. The van der Waals surface area contributed by atoms with E-state index in [0.29, 0.717) is 0 Å². The number of hydrogen-bond donors (Lipinski definition) is 0. The van der Waals surface area contributed by atoms with Crippen molar-refractivity contribution in [2.75, 3.05) is 14.2 Å². The molecule has 0 saturated carbocycles. The highest BCUT2D eigenvalue weighted by Gasteiger charge is 2.29. The van der Waals surface area contributed by atoms with Crippen LogP contribution >= 0.6 is 0 Å². The molecule has 206 valence electrons. The van der Waals surface area contributed by atoms with Gasteiger partial charge in [-0.15, -0.1) is 0 Å². The zero-order chi connectivity index (χ0) is 28.8. The third kappa shape index (κ3) is 6.69. The quantitative estimate of drug-likeness (QED) is 0.203. The SMILES string of the molecule is COc1ccc(C=N[C@@H](c2c(C)cc(C)cc2C)[C@@H](N=Cc2ccc(OC)cc2)c2c(C)cc(C)cc2C)cc1. The Morgan fingerprint density at radius 3 is 1.07 bits per heavy atom. The second-order valence-corrected chi connectivity index (χ2v) is 10.6. The van der Waals surface area contributed by atoms with Crippen LogP contribution in [0.25, 0.3) is 0 Å². The van der Waals surface area contributed by atoms with Gasteiger partial charge in [0.25, 0.3) is 0 Å². The first kappa shape index (κ1) is 28.8. The van der Waals surface area contributed by atoms with Crippen LogP contribution in [-0.2, 0) is 0 Å². The maximum absolute atomic E-state index is 5.36. The van der Waals surface area contributed by atoms with E-state index in [2.05, 4.69) is 65.8 Å². The lowest BCUT2D eigenvalue weighted by atomic mass is 9.84. The number of nitrogens with zero attached hydrogens (tertiary/aromatic N) is 2. The van der Waals surface area contributed by atoms with Crippen LogP contribution in [0.3, 0.4) is 0 Å². The summed E-state index contributed by atoms with van der Waals surface area (Å²) in [6.07, 6.45) is 3.94. The van der Waals surface area contributed by atoms with Gasteiger partial charge in [-0.2, -0.15) is 0 Å². The molecular formula is C36H40N2O2. The molecule has 0 aliphatic carbocycles. The first-order valence-corrected chi connectivity index (χ1v) is 13.7. The molecule has 4 aromatic rings. The van der Waals surface area contributed by atoms with Gasteiger partial charge in [0.2, 0.25) is 0 Å². The maximum atomic E-state index is 5.36. The van der Waals surface area contributed by atoms with E-state index in [1.54, 1.807) is 14.2 Å². The second kappa shape index (κ2) is 12.8. The molecule has 4 rings (SSSR count). The highest BCUT2D eigenvalue weighted by atomic mass is 16.5. The molecule has 0 radical (unpaired) electrons. The number of hydrogen-bond acceptors (Lipinski definition) is 4. The summed E-state index contributed by atoms with van der Waals surface area (Å²) in [5.74, 6) is 1.65. The van der Waals surface area contributed by atoms with Crippen molar-refractivity contribution in [3.8, 4) is 11.5 Å². The molecule has 0 aliphatic rings. The second-order valence-electron chi connectivity index (χ2n) is 10.6. The van der Waals surface area contributed by atoms with Crippen molar-refractivity contribution in [3.63, 3.8) is 0 Å². The summed E-state index contributed by atoms with van der Waals surface area (Å²) in [5, 5.41) is 0. The van der Waals surface area contributed by atoms with Gasteiger partial charge in [0, 0.05) is 12.4 Å². The molecule has 0 bridgehead atoms. The molecule has 4 aromatic carbocycles. The van der Waals surface area contributed by atoms with Gasteiger partial charge in [0.05, 0.1) is 14.2 Å². The fourth-order valence-corrected chi connectivity index (χ4v) is 5.66. The number of rotatable bonds is 9. The summed E-state index contributed by atoms with van der Waals surface area (Å²) in [7, 11) is 3.36. The Labute approximate surface area is 239 Å². The number of aryl methyl sites for hydroxylation is 6. The Balaban J connectivity index is 1.92. The highest BCUT2D eigenvalue weighted by Crippen LogP contribution is 2.41. The number of methoxy groups -OCH3 is 2. The van der Waals surface area contributed by atoms with E-state index in [0.717, 1.165) is 22.6 Å². The lowest BCUT2D eigenvalue weighted by Gasteiger charge is -2.28. The van der Waals surface area contributed by atoms with Crippen molar-refractivity contribution in [1.82, 2.24) is 0 Å². The van der Waals surface area contributed by atoms with Crippen LogP contribution in [0.15, 0.2) is 82.8 Å². The van der Waals surface area contributed by atoms with Crippen molar-refractivity contribution >= 4 is 12.4 Å². The predicted molar refractivity (Wildman–Crippen MR) is 168 cm³/mol. The van der Waals surface area contributed by atoms with E-state index < -0.39 is 0 Å². The van der Waals surface area contributed by atoms with Crippen molar-refractivity contribution in [1.29, 1.82) is 0 Å². The molecule has 0 aromatic heterocycles. The van der Waals surface area contributed by atoms with Gasteiger partial charge < -0.3 is 9.47 Å². The molecule has 0 fully saturated rings. The predicted octanol–water partition coefficient (Wildman–Crippen LogP) is 8.57. The number of aliphatic imine (C=N–C) groups is 2. The Morgan fingerprint density at radius 1 is 0.500 bits per heavy atom. The highest BCUT2D eigenvalue weighted by molar-refractivity contribution is 5.81. The minimum atomic E-state index is -0.225. The Bertz CT molecular complexity index is 1350. The summed E-state index contributed by atoms with van der Waals surface area (Å²) in [6.45, 7) is 13.0. The normalized spacial score (nSPS) is 13.1. The van der Waals surface area contributed by atoms with Crippen LogP contribution in [0, 0.1) is 41.5 Å². The minimum absolute atomic E-state index is 0.225. The van der Waals surface area contributed by atoms with Crippen LogP contribution in [0.5, 0.6) is 11.5 Å². The average Bonchev–Trinajstić information content (AvgIpc) is 2.92. The fourth-order valence-electron chi connectivity index (χ4n) is 5.66. The van der Waals surface area contributed by atoms with Crippen LogP contribution in [0.4, 0.5) is 0 Å². The molecule has 0 amide bonds. The monoisotopic (exact) mass is 532 g/mol. The van der Waals surface area contributed by atoms with E-state index in [4.69, 9.17) is 19.5 Å². The van der Waals surface area contributed by atoms with Gasteiger partial charge in [0.1, 0.15) is 23.6 Å². The van der Waals surface area contributed by atoms with Crippen LogP contribution < -0.4 is 9.47 Å². The third-order valence-corrected chi connectivity index (χ3v) is 7.37.